The average Bonchev–Trinajstić information content (AvgIpc) is 2.48. The molecule has 11 heteroatoms. The highest BCUT2D eigenvalue weighted by atomic mass is 32.2. The molecular formula is C14H9F3O7S. The summed E-state index contributed by atoms with van der Waals surface area (Å²) in [6, 6.07) is 1.37. The van der Waals surface area contributed by atoms with Crippen molar-refractivity contribution in [3.8, 4) is 11.5 Å². The van der Waals surface area contributed by atoms with Gasteiger partial charge in [0.1, 0.15) is 11.5 Å². The molecule has 0 N–H and O–H groups in total. The van der Waals surface area contributed by atoms with Gasteiger partial charge in [0.05, 0.1) is 18.2 Å². The molecule has 0 radical (unpaired) electrons. The molecule has 134 valence electrons. The van der Waals surface area contributed by atoms with Gasteiger partial charge in [-0.25, -0.2) is 0 Å². The molecule has 0 unspecified atom stereocenters. The topological polar surface area (TPSA) is 104 Å². The number of ether oxygens (including phenoxy) is 1. The normalized spacial score (nSPS) is 14.7. The van der Waals surface area contributed by atoms with Gasteiger partial charge in [-0.2, -0.15) is 21.6 Å². The van der Waals surface area contributed by atoms with Crippen LogP contribution in [-0.4, -0.2) is 38.4 Å². The van der Waals surface area contributed by atoms with Crippen LogP contribution in [0.4, 0.5) is 13.2 Å². The minimum absolute atomic E-state index is 0.364. The van der Waals surface area contributed by atoms with Crippen LogP contribution >= 0.6 is 0 Å². The van der Waals surface area contributed by atoms with E-state index in [-0.39, 0.29) is 5.56 Å². The highest BCUT2D eigenvalue weighted by molar-refractivity contribution is 7.88. The number of Topliss-reactive ketones (excluding diaryl/α,β-unsaturated/α-hetero) is 2. The lowest BCUT2D eigenvalue weighted by Crippen LogP contribution is -2.28. The van der Waals surface area contributed by atoms with Crippen LogP contribution in [0.25, 0.3) is 0 Å². The lowest BCUT2D eigenvalue weighted by atomic mass is 9.87. The van der Waals surface area contributed by atoms with E-state index in [1.807, 2.05) is 0 Å². The molecule has 0 aliphatic heterocycles. The van der Waals surface area contributed by atoms with Crippen molar-refractivity contribution in [3.63, 3.8) is 0 Å². The van der Waals surface area contributed by atoms with Crippen LogP contribution in [0.1, 0.15) is 27.6 Å². The van der Waals surface area contributed by atoms with Crippen molar-refractivity contribution in [1.82, 2.24) is 0 Å². The molecule has 1 aliphatic carbocycles. The van der Waals surface area contributed by atoms with Crippen molar-refractivity contribution in [2.45, 2.75) is 12.4 Å². The first-order chi connectivity index (χ1) is 11.4. The van der Waals surface area contributed by atoms with Crippen molar-refractivity contribution in [2.75, 3.05) is 7.11 Å². The van der Waals surface area contributed by atoms with Gasteiger partial charge in [-0.3, -0.25) is 14.4 Å². The number of alkyl halides is 3. The van der Waals surface area contributed by atoms with Crippen molar-refractivity contribution >= 4 is 27.5 Å². The fourth-order valence-electron chi connectivity index (χ4n) is 2.07. The van der Waals surface area contributed by atoms with Gasteiger partial charge in [0.2, 0.25) is 5.78 Å². The Kier molecular flexibility index (Phi) is 4.47. The Morgan fingerprint density at radius 1 is 1.16 bits per heavy atom. The Bertz CT molecular complexity index is 926. The van der Waals surface area contributed by atoms with Gasteiger partial charge in [-0.05, 0) is 13.0 Å². The van der Waals surface area contributed by atoms with Crippen molar-refractivity contribution in [1.29, 1.82) is 0 Å². The molecule has 0 spiro atoms. The SMILES string of the molecule is COc1cc(OS(=O)(=O)C(F)(F)F)cc2c1C(=O)C(C(C)=O)=CC2=O. The van der Waals surface area contributed by atoms with E-state index in [1.54, 1.807) is 0 Å². The number of ketones is 3. The van der Waals surface area contributed by atoms with Crippen LogP contribution in [0.5, 0.6) is 11.5 Å². The van der Waals surface area contributed by atoms with E-state index in [1.165, 1.54) is 0 Å². The molecular weight excluding hydrogens is 369 g/mol. The number of hydrogen-bond acceptors (Lipinski definition) is 7. The van der Waals surface area contributed by atoms with Crippen LogP contribution in [-0.2, 0) is 14.9 Å². The first-order valence-electron chi connectivity index (χ1n) is 6.43. The Morgan fingerprint density at radius 3 is 2.24 bits per heavy atom. The molecule has 1 aliphatic rings. The van der Waals surface area contributed by atoms with E-state index in [0.717, 1.165) is 14.0 Å². The molecule has 0 saturated carbocycles. The minimum Gasteiger partial charge on any atom is -0.496 e. The molecule has 0 amide bonds. The Hall–Kier alpha value is -2.69. The predicted octanol–water partition coefficient (Wildman–Crippen LogP) is 1.82. The molecule has 1 aromatic carbocycles. The van der Waals surface area contributed by atoms with Crippen LogP contribution < -0.4 is 8.92 Å². The number of methoxy groups -OCH3 is 1. The van der Waals surface area contributed by atoms with Gasteiger partial charge in [0.15, 0.2) is 11.6 Å². The number of benzene rings is 1. The molecule has 0 saturated heterocycles. The fraction of sp³-hybridized carbons (Fsp3) is 0.214. The minimum atomic E-state index is -5.98. The number of fused-ring (bicyclic) bond motifs is 1. The second-order valence-electron chi connectivity index (χ2n) is 4.84. The fourth-order valence-corrected chi connectivity index (χ4v) is 2.52. The average molecular weight is 378 g/mol. The standard InChI is InChI=1S/C14H9F3O7S/c1-6(18)8-5-10(19)9-3-7(24-25(21,22)14(15,16)17)4-11(23-2)12(9)13(8)20/h3-5H,1-2H3. The van der Waals surface area contributed by atoms with E-state index >= 15 is 0 Å². The third-order valence-electron chi connectivity index (χ3n) is 3.18. The predicted molar refractivity (Wildman–Crippen MR) is 76.0 cm³/mol. The number of halogens is 3. The zero-order valence-corrected chi connectivity index (χ0v) is 13.4. The molecule has 0 aromatic heterocycles. The molecule has 1 aromatic rings. The van der Waals surface area contributed by atoms with Gasteiger partial charge < -0.3 is 8.92 Å². The third-order valence-corrected chi connectivity index (χ3v) is 4.16. The largest absolute Gasteiger partial charge is 0.534 e. The maximum atomic E-state index is 12.4. The van der Waals surface area contributed by atoms with E-state index in [4.69, 9.17) is 4.74 Å². The number of hydrogen-bond donors (Lipinski definition) is 0. The highest BCUT2D eigenvalue weighted by Gasteiger charge is 2.48. The summed E-state index contributed by atoms with van der Waals surface area (Å²) in [5, 5.41) is 0. The van der Waals surface area contributed by atoms with Crippen LogP contribution in [0.15, 0.2) is 23.8 Å². The molecule has 7 nitrogen and oxygen atoms in total. The summed E-state index contributed by atoms with van der Waals surface area (Å²) in [5.41, 5.74) is -6.91. The van der Waals surface area contributed by atoms with Crippen molar-refractivity contribution < 1.29 is 44.9 Å². The van der Waals surface area contributed by atoms with Gasteiger partial charge in [-0.15, -0.1) is 0 Å². The van der Waals surface area contributed by atoms with Crippen LogP contribution in [0, 0.1) is 0 Å². The third kappa shape index (κ3) is 3.27. The zero-order valence-electron chi connectivity index (χ0n) is 12.6. The summed E-state index contributed by atoms with van der Waals surface area (Å²) < 4.78 is 68.2. The van der Waals surface area contributed by atoms with Crippen molar-refractivity contribution in [3.05, 3.63) is 34.9 Å². The van der Waals surface area contributed by atoms with E-state index < -0.39 is 55.6 Å². The molecule has 0 heterocycles. The first-order valence-corrected chi connectivity index (χ1v) is 7.84. The molecule has 0 bridgehead atoms. The second-order valence-corrected chi connectivity index (χ2v) is 6.38. The quantitative estimate of drug-likeness (QED) is 0.447. The number of carbonyl (C=O) groups excluding carboxylic acids is 3. The molecule has 25 heavy (non-hydrogen) atoms. The molecule has 0 fully saturated rings. The number of carbonyl (C=O) groups is 3. The number of rotatable bonds is 4. The highest BCUT2D eigenvalue weighted by Crippen LogP contribution is 2.36. The van der Waals surface area contributed by atoms with Gasteiger partial charge >= 0.3 is 15.6 Å². The van der Waals surface area contributed by atoms with E-state index in [0.29, 0.717) is 18.2 Å². The Labute approximate surface area is 139 Å². The maximum absolute atomic E-state index is 12.4. The Balaban J connectivity index is 2.62. The Morgan fingerprint density at radius 2 is 1.76 bits per heavy atom. The van der Waals surface area contributed by atoms with Gasteiger partial charge in [0, 0.05) is 17.7 Å². The summed E-state index contributed by atoms with van der Waals surface area (Å²) in [4.78, 5) is 35.8. The second kappa shape index (κ2) is 5.99. The van der Waals surface area contributed by atoms with Crippen LogP contribution in [0.3, 0.4) is 0 Å². The van der Waals surface area contributed by atoms with E-state index in [9.17, 15) is 36.0 Å². The lowest BCUT2D eigenvalue weighted by molar-refractivity contribution is -0.113. The zero-order chi connectivity index (χ0) is 19.2. The summed E-state index contributed by atoms with van der Waals surface area (Å²) in [6.07, 6.45) is 0.717. The van der Waals surface area contributed by atoms with Crippen molar-refractivity contribution in [2.24, 2.45) is 0 Å². The number of allylic oxidation sites excluding steroid dienone is 2. The summed E-state index contributed by atoms with van der Waals surface area (Å²) >= 11 is 0. The summed E-state index contributed by atoms with van der Waals surface area (Å²) in [6.45, 7) is 1.06. The monoisotopic (exact) mass is 378 g/mol. The molecule has 2 rings (SSSR count). The van der Waals surface area contributed by atoms with E-state index in [2.05, 4.69) is 4.18 Å². The molecule has 0 atom stereocenters. The maximum Gasteiger partial charge on any atom is 0.534 e. The van der Waals surface area contributed by atoms with Crippen LogP contribution in [0.2, 0.25) is 0 Å². The first kappa shape index (κ1) is 18.6. The smallest absolute Gasteiger partial charge is 0.496 e. The lowest BCUT2D eigenvalue weighted by Gasteiger charge is -2.18. The summed E-state index contributed by atoms with van der Waals surface area (Å²) in [5.74, 6) is -3.72. The van der Waals surface area contributed by atoms with Gasteiger partial charge in [-0.1, -0.05) is 0 Å². The van der Waals surface area contributed by atoms with Gasteiger partial charge in [0.25, 0.3) is 0 Å². The summed E-state index contributed by atoms with van der Waals surface area (Å²) in [7, 11) is -4.94.